The van der Waals surface area contributed by atoms with Gasteiger partial charge in [0.2, 0.25) is 0 Å². The molecule has 3 aromatic rings. The van der Waals surface area contributed by atoms with E-state index in [0.717, 1.165) is 11.4 Å². The highest BCUT2D eigenvalue weighted by Gasteiger charge is 2.07. The van der Waals surface area contributed by atoms with Gasteiger partial charge in [-0.25, -0.2) is 4.68 Å². The zero-order valence-electron chi connectivity index (χ0n) is 12.6. The van der Waals surface area contributed by atoms with Crippen LogP contribution in [0.2, 0.25) is 0 Å². The minimum Gasteiger partial charge on any atom is -0.491 e. The van der Waals surface area contributed by atoms with E-state index in [0.29, 0.717) is 5.75 Å². The molecule has 23 heavy (non-hydrogen) atoms. The first-order valence-corrected chi connectivity index (χ1v) is 7.40. The molecule has 1 heterocycles. The van der Waals surface area contributed by atoms with E-state index in [-0.39, 0.29) is 13.2 Å². The summed E-state index contributed by atoms with van der Waals surface area (Å²) in [6.45, 7) is 0.345. The Balaban J connectivity index is 1.51. The van der Waals surface area contributed by atoms with Crippen LogP contribution in [-0.4, -0.2) is 34.2 Å². The Hall–Kier alpha value is -2.79. The lowest BCUT2D eigenvalue weighted by Gasteiger charge is -2.14. The van der Waals surface area contributed by atoms with E-state index in [1.54, 1.807) is 10.9 Å². The molecule has 0 radical (unpaired) electrons. The molecule has 0 bridgehead atoms. The summed E-state index contributed by atoms with van der Waals surface area (Å²) in [4.78, 5) is 0. The van der Waals surface area contributed by atoms with Crippen molar-refractivity contribution in [3.8, 4) is 17.2 Å². The molecule has 0 aliphatic heterocycles. The Morgan fingerprint density at radius 2 is 1.65 bits per heavy atom. The van der Waals surface area contributed by atoms with Crippen LogP contribution in [0.3, 0.4) is 0 Å². The van der Waals surface area contributed by atoms with Gasteiger partial charge in [0.25, 0.3) is 0 Å². The largest absolute Gasteiger partial charge is 0.491 e. The monoisotopic (exact) mass is 310 g/mol. The van der Waals surface area contributed by atoms with Crippen LogP contribution in [0.25, 0.3) is 5.69 Å². The number of aliphatic hydroxyl groups is 1. The van der Waals surface area contributed by atoms with Crippen LogP contribution < -0.4 is 9.47 Å². The molecule has 0 aliphatic rings. The third-order valence-electron chi connectivity index (χ3n) is 3.21. The second-order valence-corrected chi connectivity index (χ2v) is 5.04. The molecule has 1 atom stereocenters. The molecule has 1 N–H and O–H groups in total. The van der Waals surface area contributed by atoms with Crippen molar-refractivity contribution in [2.45, 2.75) is 6.10 Å². The lowest BCUT2D eigenvalue weighted by molar-refractivity contribution is 0.0626. The maximum atomic E-state index is 9.96. The quantitative estimate of drug-likeness (QED) is 0.729. The topological polar surface area (TPSA) is 56.5 Å². The highest BCUT2D eigenvalue weighted by molar-refractivity contribution is 5.38. The molecule has 2 aromatic carbocycles. The van der Waals surface area contributed by atoms with Gasteiger partial charge in [-0.2, -0.15) is 5.10 Å². The number of rotatable bonds is 7. The van der Waals surface area contributed by atoms with Crippen molar-refractivity contribution >= 4 is 0 Å². The summed E-state index contributed by atoms with van der Waals surface area (Å²) in [6.07, 6.45) is 2.88. The molecular formula is C18H18N2O3. The minimum atomic E-state index is -0.705. The minimum absolute atomic E-state index is 0.162. The summed E-state index contributed by atoms with van der Waals surface area (Å²) in [7, 11) is 0. The third kappa shape index (κ3) is 4.34. The zero-order chi connectivity index (χ0) is 15.9. The van der Waals surface area contributed by atoms with Crippen LogP contribution in [-0.2, 0) is 0 Å². The Labute approximate surface area is 134 Å². The van der Waals surface area contributed by atoms with Gasteiger partial charge in [0.1, 0.15) is 30.8 Å². The smallest absolute Gasteiger partial charge is 0.122 e. The Bertz CT molecular complexity index is 714. The standard InChI is InChI=1S/C18H18N2O3/c21-16(13-22-17-7-2-1-3-8-17)14-23-18-9-4-6-15(12-18)20-11-5-10-19-20/h1-12,16,21H,13-14H2. The van der Waals surface area contributed by atoms with Crippen molar-refractivity contribution in [3.63, 3.8) is 0 Å². The van der Waals surface area contributed by atoms with Crippen molar-refractivity contribution < 1.29 is 14.6 Å². The molecule has 0 saturated heterocycles. The van der Waals surface area contributed by atoms with Gasteiger partial charge < -0.3 is 14.6 Å². The van der Waals surface area contributed by atoms with Gasteiger partial charge in [0.15, 0.2) is 0 Å². The second-order valence-electron chi connectivity index (χ2n) is 5.04. The Morgan fingerprint density at radius 3 is 2.39 bits per heavy atom. The normalized spacial score (nSPS) is 11.9. The number of benzene rings is 2. The molecule has 1 unspecified atom stereocenters. The second kappa shape index (κ2) is 7.47. The summed E-state index contributed by atoms with van der Waals surface area (Å²) in [5.74, 6) is 1.41. The predicted molar refractivity (Wildman–Crippen MR) is 87.0 cm³/mol. The third-order valence-corrected chi connectivity index (χ3v) is 3.21. The Kier molecular flexibility index (Phi) is 4.91. The zero-order valence-corrected chi connectivity index (χ0v) is 12.6. The van der Waals surface area contributed by atoms with Crippen molar-refractivity contribution in [2.24, 2.45) is 0 Å². The first-order chi connectivity index (χ1) is 11.3. The van der Waals surface area contributed by atoms with E-state index in [1.807, 2.05) is 66.9 Å². The summed E-state index contributed by atoms with van der Waals surface area (Å²) in [5, 5.41) is 14.1. The van der Waals surface area contributed by atoms with Gasteiger partial charge in [-0.05, 0) is 30.3 Å². The SMILES string of the molecule is OC(COc1ccccc1)COc1cccc(-n2cccn2)c1. The van der Waals surface area contributed by atoms with E-state index in [1.165, 1.54) is 0 Å². The molecule has 3 rings (SSSR count). The fraction of sp³-hybridized carbons (Fsp3) is 0.167. The van der Waals surface area contributed by atoms with Crippen LogP contribution in [0.1, 0.15) is 0 Å². The van der Waals surface area contributed by atoms with Gasteiger partial charge in [-0.1, -0.05) is 24.3 Å². The van der Waals surface area contributed by atoms with E-state index in [4.69, 9.17) is 9.47 Å². The van der Waals surface area contributed by atoms with Gasteiger partial charge >= 0.3 is 0 Å². The Morgan fingerprint density at radius 1 is 0.913 bits per heavy atom. The first kappa shape index (κ1) is 15.1. The van der Waals surface area contributed by atoms with Crippen LogP contribution >= 0.6 is 0 Å². The van der Waals surface area contributed by atoms with Crippen LogP contribution in [0.4, 0.5) is 0 Å². The summed E-state index contributed by atoms with van der Waals surface area (Å²) >= 11 is 0. The molecule has 0 amide bonds. The number of aliphatic hydroxyl groups excluding tert-OH is 1. The summed E-state index contributed by atoms with van der Waals surface area (Å²) in [6, 6.07) is 18.8. The van der Waals surface area contributed by atoms with E-state index >= 15 is 0 Å². The van der Waals surface area contributed by atoms with Crippen LogP contribution in [0.5, 0.6) is 11.5 Å². The number of nitrogens with zero attached hydrogens (tertiary/aromatic N) is 2. The van der Waals surface area contributed by atoms with Gasteiger partial charge in [-0.15, -0.1) is 0 Å². The van der Waals surface area contributed by atoms with E-state index in [2.05, 4.69) is 5.10 Å². The number of ether oxygens (including phenoxy) is 2. The molecule has 1 aromatic heterocycles. The maximum absolute atomic E-state index is 9.96. The summed E-state index contributed by atoms with van der Waals surface area (Å²) < 4.78 is 12.9. The van der Waals surface area contributed by atoms with Crippen LogP contribution in [0.15, 0.2) is 73.1 Å². The highest BCUT2D eigenvalue weighted by Crippen LogP contribution is 2.16. The average molecular weight is 310 g/mol. The fourth-order valence-electron chi connectivity index (χ4n) is 2.09. The fourth-order valence-corrected chi connectivity index (χ4v) is 2.09. The summed E-state index contributed by atoms with van der Waals surface area (Å²) in [5.41, 5.74) is 0.905. The van der Waals surface area contributed by atoms with E-state index in [9.17, 15) is 5.11 Å². The molecule has 0 saturated carbocycles. The number of aromatic nitrogens is 2. The molecule has 5 nitrogen and oxygen atoms in total. The van der Waals surface area contributed by atoms with Crippen molar-refractivity contribution in [2.75, 3.05) is 13.2 Å². The molecule has 0 spiro atoms. The molecule has 0 fully saturated rings. The number of hydrogen-bond donors (Lipinski definition) is 1. The number of para-hydroxylation sites is 1. The first-order valence-electron chi connectivity index (χ1n) is 7.40. The lowest BCUT2D eigenvalue weighted by atomic mass is 10.3. The number of hydrogen-bond acceptors (Lipinski definition) is 4. The van der Waals surface area contributed by atoms with Crippen molar-refractivity contribution in [1.29, 1.82) is 0 Å². The van der Waals surface area contributed by atoms with Gasteiger partial charge in [0.05, 0.1) is 5.69 Å². The molecule has 5 heteroatoms. The molecular weight excluding hydrogens is 292 g/mol. The van der Waals surface area contributed by atoms with Crippen molar-refractivity contribution in [3.05, 3.63) is 73.1 Å². The van der Waals surface area contributed by atoms with Crippen molar-refractivity contribution in [1.82, 2.24) is 9.78 Å². The van der Waals surface area contributed by atoms with Crippen LogP contribution in [0, 0.1) is 0 Å². The van der Waals surface area contributed by atoms with E-state index < -0.39 is 6.10 Å². The molecule has 118 valence electrons. The average Bonchev–Trinajstić information content (AvgIpc) is 3.14. The molecule has 0 aliphatic carbocycles. The van der Waals surface area contributed by atoms with Gasteiger partial charge in [0, 0.05) is 18.5 Å². The predicted octanol–water partition coefficient (Wildman–Crippen LogP) is 2.69. The highest BCUT2D eigenvalue weighted by atomic mass is 16.5. The maximum Gasteiger partial charge on any atom is 0.122 e. The van der Waals surface area contributed by atoms with Gasteiger partial charge in [-0.3, -0.25) is 0 Å². The lowest BCUT2D eigenvalue weighted by Crippen LogP contribution is -2.25.